The normalized spacial score (nSPS) is 18.0. The summed E-state index contributed by atoms with van der Waals surface area (Å²) < 4.78 is 7.51. The molecule has 0 bridgehead atoms. The molecule has 2 heterocycles. The van der Waals surface area contributed by atoms with Gasteiger partial charge in [-0.3, -0.25) is 14.6 Å². The number of hydrogen-bond donors (Lipinski definition) is 2. The number of carboxylic acid groups (broad SMARTS) is 1. The number of carbonyl (C=O) groups is 2. The number of carbonyl (C=O) groups excluding carboxylic acids is 1. The van der Waals surface area contributed by atoms with Crippen molar-refractivity contribution in [2.45, 2.75) is 32.2 Å². The van der Waals surface area contributed by atoms with E-state index in [1.807, 2.05) is 48.7 Å². The summed E-state index contributed by atoms with van der Waals surface area (Å²) >= 11 is 0. The van der Waals surface area contributed by atoms with E-state index in [1.54, 1.807) is 13.2 Å². The molecule has 7 nitrogen and oxygen atoms in total. The van der Waals surface area contributed by atoms with E-state index in [0.29, 0.717) is 43.2 Å². The minimum atomic E-state index is -0.715. The van der Waals surface area contributed by atoms with Crippen LogP contribution in [0.2, 0.25) is 0 Å². The highest BCUT2D eigenvalue weighted by molar-refractivity contribution is 6.06. The molecule has 0 unspecified atom stereocenters. The van der Waals surface area contributed by atoms with E-state index in [-0.39, 0.29) is 11.8 Å². The zero-order valence-electron chi connectivity index (χ0n) is 19.7. The van der Waals surface area contributed by atoms with Crippen molar-refractivity contribution in [3.05, 3.63) is 72.1 Å². The monoisotopic (exact) mass is 471 g/mol. The van der Waals surface area contributed by atoms with Crippen LogP contribution in [-0.2, 0) is 11.3 Å². The predicted octanol–water partition coefficient (Wildman–Crippen LogP) is 4.87. The third-order valence-corrected chi connectivity index (χ3v) is 7.05. The van der Waals surface area contributed by atoms with Crippen LogP contribution in [0.1, 0.15) is 41.7 Å². The topological polar surface area (TPSA) is 93.5 Å². The average Bonchev–Trinajstić information content (AvgIpc) is 3.29. The van der Waals surface area contributed by atoms with Crippen LogP contribution < -0.4 is 10.1 Å². The van der Waals surface area contributed by atoms with Gasteiger partial charge in [-0.2, -0.15) is 0 Å². The summed E-state index contributed by atoms with van der Waals surface area (Å²) in [4.78, 5) is 29.3. The van der Waals surface area contributed by atoms with Gasteiger partial charge in [-0.15, -0.1) is 0 Å². The molecule has 4 aromatic rings. The molecule has 2 aromatic heterocycles. The van der Waals surface area contributed by atoms with Crippen molar-refractivity contribution in [3.63, 3.8) is 0 Å². The highest BCUT2D eigenvalue weighted by Gasteiger charge is 2.26. The lowest BCUT2D eigenvalue weighted by atomic mass is 9.82. The number of fused-ring (bicyclic) bond motifs is 2. The van der Waals surface area contributed by atoms with Crippen LogP contribution in [0, 0.1) is 11.8 Å². The number of carboxylic acids is 1. The molecule has 2 aromatic carbocycles. The second-order valence-electron chi connectivity index (χ2n) is 9.32. The fourth-order valence-corrected chi connectivity index (χ4v) is 5.06. The number of nitrogens with zero attached hydrogens (tertiary/aromatic N) is 2. The van der Waals surface area contributed by atoms with Gasteiger partial charge in [0.2, 0.25) is 0 Å². The fraction of sp³-hybridized carbons (Fsp3) is 0.321. The Morgan fingerprint density at radius 3 is 2.63 bits per heavy atom. The number of benzene rings is 2. The summed E-state index contributed by atoms with van der Waals surface area (Å²) in [6.45, 7) is 1.08. The summed E-state index contributed by atoms with van der Waals surface area (Å²) in [7, 11) is 1.60. The van der Waals surface area contributed by atoms with E-state index in [1.165, 1.54) is 0 Å². The van der Waals surface area contributed by atoms with Crippen LogP contribution in [0.3, 0.4) is 0 Å². The second-order valence-corrected chi connectivity index (χ2v) is 9.32. The number of ether oxygens (including phenoxy) is 1. The molecule has 1 aliphatic rings. The Morgan fingerprint density at radius 2 is 1.86 bits per heavy atom. The van der Waals surface area contributed by atoms with Gasteiger partial charge < -0.3 is 19.7 Å². The largest absolute Gasteiger partial charge is 0.497 e. The maximum absolute atomic E-state index is 13.3. The minimum Gasteiger partial charge on any atom is -0.497 e. The molecule has 5 rings (SSSR count). The molecule has 1 aliphatic carbocycles. The molecule has 1 amide bonds. The van der Waals surface area contributed by atoms with Crippen molar-refractivity contribution in [2.75, 3.05) is 13.7 Å². The number of para-hydroxylation sites is 1. The summed E-state index contributed by atoms with van der Waals surface area (Å²) in [5.74, 6) is -0.198. The predicted molar refractivity (Wildman–Crippen MR) is 135 cm³/mol. The third kappa shape index (κ3) is 4.85. The first-order chi connectivity index (χ1) is 17.0. The molecule has 7 heteroatoms. The molecular formula is C28H29N3O4. The Kier molecular flexibility index (Phi) is 6.40. The van der Waals surface area contributed by atoms with Crippen molar-refractivity contribution in [3.8, 4) is 5.75 Å². The Morgan fingerprint density at radius 1 is 1.06 bits per heavy atom. The third-order valence-electron chi connectivity index (χ3n) is 7.05. The number of aromatic nitrogens is 2. The van der Waals surface area contributed by atoms with E-state index in [4.69, 9.17) is 9.72 Å². The maximum atomic E-state index is 13.3. The molecule has 0 atom stereocenters. The molecule has 0 aliphatic heterocycles. The van der Waals surface area contributed by atoms with E-state index in [2.05, 4.69) is 16.0 Å². The van der Waals surface area contributed by atoms with Gasteiger partial charge >= 0.3 is 5.97 Å². The van der Waals surface area contributed by atoms with Crippen molar-refractivity contribution < 1.29 is 19.4 Å². The smallest absolute Gasteiger partial charge is 0.306 e. The van der Waals surface area contributed by atoms with Gasteiger partial charge in [-0.25, -0.2) is 0 Å². The minimum absolute atomic E-state index is 0.152. The van der Waals surface area contributed by atoms with Crippen molar-refractivity contribution in [1.29, 1.82) is 0 Å². The van der Waals surface area contributed by atoms with Crippen LogP contribution in [-0.4, -0.2) is 40.2 Å². The molecule has 180 valence electrons. The number of nitrogens with one attached hydrogen (secondary N) is 1. The van der Waals surface area contributed by atoms with Crippen LogP contribution in [0.5, 0.6) is 5.75 Å². The lowest BCUT2D eigenvalue weighted by molar-refractivity contribution is -0.143. The molecule has 35 heavy (non-hydrogen) atoms. The molecule has 0 saturated heterocycles. The van der Waals surface area contributed by atoms with Gasteiger partial charge in [-0.1, -0.05) is 24.3 Å². The van der Waals surface area contributed by atoms with Crippen molar-refractivity contribution >= 4 is 33.7 Å². The van der Waals surface area contributed by atoms with E-state index < -0.39 is 5.97 Å². The Balaban J connectivity index is 1.38. The van der Waals surface area contributed by atoms with Crippen LogP contribution >= 0.6 is 0 Å². The molecule has 0 radical (unpaired) electrons. The van der Waals surface area contributed by atoms with Crippen LogP contribution in [0.15, 0.2) is 60.8 Å². The first-order valence-electron chi connectivity index (χ1n) is 12.0. The van der Waals surface area contributed by atoms with Crippen LogP contribution in [0.25, 0.3) is 21.8 Å². The SMILES string of the molecule is COc1cc(C(=O)NC[C@H]2CC[C@H](C(=O)O)CC2)c2c(ccn2Cc2ccc3ccccc3n2)c1. The number of rotatable bonds is 7. The summed E-state index contributed by atoms with van der Waals surface area (Å²) in [6, 6.07) is 17.8. The van der Waals surface area contributed by atoms with Gasteiger partial charge in [-0.05, 0) is 61.9 Å². The summed E-state index contributed by atoms with van der Waals surface area (Å²) in [6.07, 6.45) is 4.94. The van der Waals surface area contributed by atoms with E-state index in [0.717, 1.165) is 40.3 Å². The van der Waals surface area contributed by atoms with Gasteiger partial charge in [0.1, 0.15) is 5.75 Å². The molecule has 1 saturated carbocycles. The number of pyridine rings is 1. The zero-order chi connectivity index (χ0) is 24.4. The molecule has 1 fully saturated rings. The van der Waals surface area contributed by atoms with Crippen molar-refractivity contribution in [1.82, 2.24) is 14.9 Å². The quantitative estimate of drug-likeness (QED) is 0.401. The summed E-state index contributed by atoms with van der Waals surface area (Å²) in [5.41, 5.74) is 3.26. The first kappa shape index (κ1) is 22.9. The summed E-state index contributed by atoms with van der Waals surface area (Å²) in [5, 5.41) is 14.3. The highest BCUT2D eigenvalue weighted by Crippen LogP contribution is 2.30. The van der Waals surface area contributed by atoms with Crippen molar-refractivity contribution in [2.24, 2.45) is 11.8 Å². The van der Waals surface area contributed by atoms with Gasteiger partial charge in [0.25, 0.3) is 5.91 Å². The molecular weight excluding hydrogens is 442 g/mol. The number of methoxy groups -OCH3 is 1. The Hall–Kier alpha value is -3.87. The first-order valence-corrected chi connectivity index (χ1v) is 12.0. The number of hydrogen-bond acceptors (Lipinski definition) is 4. The van der Waals surface area contributed by atoms with Gasteiger partial charge in [0, 0.05) is 23.5 Å². The zero-order valence-corrected chi connectivity index (χ0v) is 19.7. The average molecular weight is 472 g/mol. The van der Waals surface area contributed by atoms with Gasteiger partial charge in [0.05, 0.1) is 41.9 Å². The fourth-order valence-electron chi connectivity index (χ4n) is 5.06. The lowest BCUT2D eigenvalue weighted by Crippen LogP contribution is -2.32. The van der Waals surface area contributed by atoms with Gasteiger partial charge in [0.15, 0.2) is 0 Å². The van der Waals surface area contributed by atoms with E-state index >= 15 is 0 Å². The standard InChI is InChI=1S/C28H29N3O4/c1-35-23-14-21-12-13-31(17-22-11-10-19-4-2-3-5-25(19)30-22)26(21)24(15-23)27(32)29-16-18-6-8-20(9-7-18)28(33)34/h2-5,10-15,18,20H,6-9,16-17H2,1H3,(H,29,32)(H,33,34)/t18-,20-. The maximum Gasteiger partial charge on any atom is 0.306 e. The number of aliphatic carboxylic acids is 1. The highest BCUT2D eigenvalue weighted by atomic mass is 16.5. The van der Waals surface area contributed by atoms with E-state index in [9.17, 15) is 14.7 Å². The molecule has 2 N–H and O–H groups in total. The number of amides is 1. The van der Waals surface area contributed by atoms with Crippen LogP contribution in [0.4, 0.5) is 0 Å². The Bertz CT molecular complexity index is 1390. The second kappa shape index (κ2) is 9.78. The lowest BCUT2D eigenvalue weighted by Gasteiger charge is -2.26. The Labute approximate surface area is 203 Å². The molecule has 0 spiro atoms.